The molecular formula is C21H22N2O6. The fourth-order valence-corrected chi connectivity index (χ4v) is 3.00. The zero-order chi connectivity index (χ0) is 21.8. The number of rotatable bonds is 8. The van der Waals surface area contributed by atoms with Crippen molar-refractivity contribution in [2.24, 2.45) is 0 Å². The van der Waals surface area contributed by atoms with E-state index in [9.17, 15) is 24.9 Å². The zero-order valence-corrected chi connectivity index (χ0v) is 15.3. The predicted molar refractivity (Wildman–Crippen MR) is 109 cm³/mol. The number of pyridine rings is 1. The Bertz CT molecular complexity index is 1070. The van der Waals surface area contributed by atoms with E-state index in [-0.39, 0.29) is 17.5 Å². The summed E-state index contributed by atoms with van der Waals surface area (Å²) in [6, 6.07) is 14.0. The summed E-state index contributed by atoms with van der Waals surface area (Å²) >= 11 is 0. The summed E-state index contributed by atoms with van der Waals surface area (Å²) in [5, 5.41) is 39.8. The van der Waals surface area contributed by atoms with Gasteiger partial charge in [0.15, 0.2) is 1.41 Å². The van der Waals surface area contributed by atoms with Gasteiger partial charge in [-0.3, -0.25) is 4.79 Å². The largest absolute Gasteiger partial charge is 0.394 e. The van der Waals surface area contributed by atoms with E-state index in [0.717, 1.165) is 5.56 Å². The van der Waals surface area contributed by atoms with Crippen LogP contribution < -0.4 is 10.9 Å². The van der Waals surface area contributed by atoms with E-state index >= 15 is 0 Å². The van der Waals surface area contributed by atoms with E-state index in [1.165, 1.54) is 12.1 Å². The van der Waals surface area contributed by atoms with Crippen molar-refractivity contribution in [1.82, 2.24) is 4.98 Å². The minimum atomic E-state index is -1.83. The quantitative estimate of drug-likeness (QED) is 0.298. The highest BCUT2D eigenvalue weighted by molar-refractivity contribution is 5.86. The molecule has 0 aliphatic heterocycles. The number of aromatic amines is 1. The summed E-state index contributed by atoms with van der Waals surface area (Å²) in [6.45, 7) is -0.817. The van der Waals surface area contributed by atoms with Gasteiger partial charge in [0.2, 0.25) is 0 Å². The molecule has 0 saturated heterocycles. The Morgan fingerprint density at radius 3 is 2.45 bits per heavy atom. The average Bonchev–Trinajstić information content (AvgIpc) is 2.77. The number of nitrogens with one attached hydrogen (secondary N) is 2. The van der Waals surface area contributed by atoms with Gasteiger partial charge in [-0.25, -0.2) is 0 Å². The summed E-state index contributed by atoms with van der Waals surface area (Å²) in [5.41, 5.74) is 1.51. The maximum absolute atomic E-state index is 12.5. The molecule has 1 heterocycles. The lowest BCUT2D eigenvalue weighted by Gasteiger charge is -2.26. The first kappa shape index (κ1) is 19.3. The molecule has 0 bridgehead atoms. The maximum Gasteiger partial charge on any atom is 0.256 e. The Kier molecular flexibility index (Phi) is 5.97. The van der Waals surface area contributed by atoms with Gasteiger partial charge in [0.1, 0.15) is 30.6 Å². The van der Waals surface area contributed by atoms with Crippen molar-refractivity contribution in [2.75, 3.05) is 11.9 Å². The molecule has 0 fully saturated rings. The van der Waals surface area contributed by atoms with Gasteiger partial charge in [-0.2, -0.15) is 0 Å². The van der Waals surface area contributed by atoms with Gasteiger partial charge >= 0.3 is 0 Å². The second-order valence-corrected chi connectivity index (χ2v) is 6.64. The Hall–Kier alpha value is -3.04. The Balaban J connectivity index is 1.94. The van der Waals surface area contributed by atoms with Gasteiger partial charge in [0.05, 0.1) is 12.1 Å². The van der Waals surface area contributed by atoms with Gasteiger partial charge in [-0.15, -0.1) is 0 Å². The number of fused-ring (bicyclic) bond motifs is 1. The Labute approximate surface area is 167 Å². The van der Waals surface area contributed by atoms with Crippen molar-refractivity contribution in [3.8, 4) is 11.1 Å². The molecule has 0 unspecified atom stereocenters. The third kappa shape index (κ3) is 4.52. The number of hydrogen-bond acceptors (Lipinski definition) is 7. The van der Waals surface area contributed by atoms with Gasteiger partial charge in [0, 0.05) is 11.3 Å². The molecule has 4 atom stereocenters. The number of benzene rings is 2. The first-order valence-electron chi connectivity index (χ1n) is 9.43. The van der Waals surface area contributed by atoms with Crippen molar-refractivity contribution in [1.29, 1.82) is 0 Å². The van der Waals surface area contributed by atoms with E-state index in [1.807, 2.05) is 30.3 Å². The molecule has 1 aromatic heterocycles. The predicted octanol–water partition coefficient (Wildman–Crippen LogP) is 0.249. The molecule has 0 aliphatic carbocycles. The lowest BCUT2D eigenvalue weighted by Crippen LogP contribution is -2.49. The van der Waals surface area contributed by atoms with Crippen LogP contribution in [0.3, 0.4) is 0 Å². The van der Waals surface area contributed by atoms with Gasteiger partial charge < -0.3 is 35.5 Å². The van der Waals surface area contributed by atoms with Crippen LogP contribution >= 0.6 is 0 Å². The second kappa shape index (κ2) is 8.97. The Morgan fingerprint density at radius 2 is 1.79 bits per heavy atom. The summed E-state index contributed by atoms with van der Waals surface area (Å²) < 4.78 is 8.19. The smallest absolute Gasteiger partial charge is 0.256 e. The topological polar surface area (TPSA) is 143 Å². The highest BCUT2D eigenvalue weighted by Gasteiger charge is 2.31. The van der Waals surface area contributed by atoms with Crippen molar-refractivity contribution in [3.05, 3.63) is 65.0 Å². The van der Waals surface area contributed by atoms with Crippen molar-refractivity contribution in [2.45, 2.75) is 24.4 Å². The Morgan fingerprint density at radius 1 is 1.07 bits per heavy atom. The molecule has 6 N–H and O–H groups in total. The van der Waals surface area contributed by atoms with Crippen molar-refractivity contribution < 1.29 is 26.6 Å². The van der Waals surface area contributed by atoms with Crippen LogP contribution in [-0.2, 0) is 4.79 Å². The normalized spacial score (nSPS) is 15.9. The summed E-state index contributed by atoms with van der Waals surface area (Å²) in [5.74, 6) is 0. The van der Waals surface area contributed by atoms with Crippen LogP contribution in [0.2, 0.25) is 1.41 Å². The number of hydrogen-bond donors (Lipinski definition) is 6. The molecule has 0 saturated carbocycles. The lowest BCUT2D eigenvalue weighted by atomic mass is 10.0. The third-order valence-corrected chi connectivity index (χ3v) is 4.63. The summed E-state index contributed by atoms with van der Waals surface area (Å²) in [6.07, 6.45) is -5.06. The molecular weight excluding hydrogens is 376 g/mol. The number of anilines is 1. The third-order valence-electron chi connectivity index (χ3n) is 4.63. The molecule has 29 heavy (non-hydrogen) atoms. The second-order valence-electron chi connectivity index (χ2n) is 6.64. The van der Waals surface area contributed by atoms with E-state index in [0.29, 0.717) is 21.8 Å². The summed E-state index contributed by atoms with van der Waals surface area (Å²) in [4.78, 5) is 26.7. The molecule has 3 aromatic rings. The van der Waals surface area contributed by atoms with E-state index < -0.39 is 31.0 Å². The summed E-state index contributed by atoms with van der Waals surface area (Å²) in [7, 11) is 0. The van der Waals surface area contributed by atoms with Crippen molar-refractivity contribution in [3.63, 3.8) is 0 Å². The number of carbonyl (C=O) groups is 1. The zero-order valence-electron chi connectivity index (χ0n) is 16.3. The van der Waals surface area contributed by atoms with Crippen LogP contribution in [0.25, 0.3) is 22.0 Å². The fourth-order valence-electron chi connectivity index (χ4n) is 3.00. The first-order chi connectivity index (χ1) is 14.4. The monoisotopic (exact) mass is 399 g/mol. The number of aldehydes is 1. The molecule has 8 heteroatoms. The maximum atomic E-state index is 12.5. The van der Waals surface area contributed by atoms with Crippen LogP contribution in [-0.4, -0.2) is 62.7 Å². The van der Waals surface area contributed by atoms with E-state index in [1.54, 1.807) is 12.1 Å². The SMILES string of the molecule is [2H]N(c1ccc2cc(-c3ccccc3)c(=O)[nH]c2c1)[C@@H](C=O)[C@@H](O)[C@H](O)[C@H](O)CO. The van der Waals surface area contributed by atoms with Crippen LogP contribution in [0.5, 0.6) is 0 Å². The molecule has 0 aliphatic rings. The molecule has 152 valence electrons. The molecule has 0 amide bonds. The van der Waals surface area contributed by atoms with E-state index in [4.69, 9.17) is 6.52 Å². The minimum absolute atomic E-state index is 0.174. The van der Waals surface area contributed by atoms with Gasteiger partial charge in [-0.05, 0) is 29.1 Å². The highest BCUT2D eigenvalue weighted by Crippen LogP contribution is 2.22. The van der Waals surface area contributed by atoms with Crippen LogP contribution in [0, 0.1) is 0 Å². The van der Waals surface area contributed by atoms with Crippen LogP contribution in [0.15, 0.2) is 59.4 Å². The number of aromatic nitrogens is 1. The van der Waals surface area contributed by atoms with Gasteiger partial charge in [-0.1, -0.05) is 36.4 Å². The van der Waals surface area contributed by atoms with Crippen LogP contribution in [0.1, 0.15) is 0 Å². The average molecular weight is 399 g/mol. The highest BCUT2D eigenvalue weighted by atomic mass is 16.4. The minimum Gasteiger partial charge on any atom is -0.394 e. The first-order valence-corrected chi connectivity index (χ1v) is 8.98. The number of H-pyrrole nitrogens is 1. The fraction of sp³-hybridized carbons (Fsp3) is 0.238. The molecule has 0 spiro atoms. The van der Waals surface area contributed by atoms with E-state index in [2.05, 4.69) is 4.98 Å². The lowest BCUT2D eigenvalue weighted by molar-refractivity contribution is -0.117. The molecule has 0 radical (unpaired) electrons. The number of aliphatic hydroxyl groups is 4. The molecule has 8 nitrogen and oxygen atoms in total. The van der Waals surface area contributed by atoms with Crippen molar-refractivity contribution >= 4 is 22.9 Å². The molecule has 2 aromatic carbocycles. The number of aliphatic hydroxyl groups excluding tert-OH is 4. The standard InChI is InChI=1S/C21H22N2O6/c24-10-17(19(27)20(28)18(26)11-25)22-14-7-6-13-8-15(12-4-2-1-3-5-12)21(29)23-16(13)9-14/h1-10,17-20,22,25-28H,11H2,(H,23,29)/t17-,18+,19+,20+/m0/s1/i/hD. The molecule has 3 rings (SSSR count). The van der Waals surface area contributed by atoms with Crippen LogP contribution in [0.4, 0.5) is 5.69 Å². The van der Waals surface area contributed by atoms with Gasteiger partial charge in [0.25, 0.3) is 5.56 Å². The number of carbonyl (C=O) groups excluding carboxylic acids is 1.